The van der Waals surface area contributed by atoms with Crippen LogP contribution in [0.2, 0.25) is 0 Å². The summed E-state index contributed by atoms with van der Waals surface area (Å²) in [5, 5.41) is 3.17. The van der Waals surface area contributed by atoms with Crippen LogP contribution in [0.15, 0.2) is 34.2 Å². The number of fused-ring (bicyclic) bond motifs is 1. The molecule has 0 aliphatic carbocycles. The van der Waals surface area contributed by atoms with Crippen molar-refractivity contribution in [1.82, 2.24) is 15.2 Å². The molecular formula is C15H19N5OS. The Balaban J connectivity index is 1.77. The minimum atomic E-state index is -0.00961. The van der Waals surface area contributed by atoms with Gasteiger partial charge in [0.1, 0.15) is 6.17 Å². The lowest BCUT2D eigenvalue weighted by Crippen LogP contribution is -2.48. The molecule has 6 nitrogen and oxygen atoms in total. The van der Waals surface area contributed by atoms with Crippen molar-refractivity contribution in [3.05, 3.63) is 34.1 Å². The number of guanidine groups is 1. The number of aliphatic imine (C=N–C) groups is 1. The first kappa shape index (κ1) is 13.8. The van der Waals surface area contributed by atoms with Crippen molar-refractivity contribution in [2.75, 3.05) is 13.2 Å². The fourth-order valence-corrected chi connectivity index (χ4v) is 3.90. The van der Waals surface area contributed by atoms with E-state index in [4.69, 9.17) is 10.5 Å². The number of nitrogens with zero attached hydrogens (tertiary/aromatic N) is 3. The van der Waals surface area contributed by atoms with E-state index in [1.165, 1.54) is 16.0 Å². The maximum absolute atomic E-state index is 5.94. The zero-order chi connectivity index (χ0) is 15.1. The topological polar surface area (TPSA) is 75.8 Å². The zero-order valence-electron chi connectivity index (χ0n) is 12.5. The summed E-state index contributed by atoms with van der Waals surface area (Å²) < 4.78 is 5.58. The molecule has 4 heterocycles. The molecule has 0 saturated carbocycles. The number of thiazole rings is 1. The molecule has 1 aromatic heterocycles. The quantitative estimate of drug-likeness (QED) is 0.864. The number of hydrogen-bond acceptors (Lipinski definition) is 7. The Hall–Kier alpha value is -1.86. The Kier molecular flexibility index (Phi) is 3.38. The van der Waals surface area contributed by atoms with E-state index in [-0.39, 0.29) is 6.17 Å². The van der Waals surface area contributed by atoms with Gasteiger partial charge in [0.15, 0.2) is 5.96 Å². The standard InChI is InChI=1S/C15H19N5OS/c1-9-12-4-10(13-5-17-8-22-13)6-20(11-2-3-21-7-11)14(12)19-15(16)18-9/h5-6,8,11,14H,2-4,7H2,1H3,(H3,16,18,19)/t11-,14?/m0/s1. The Morgan fingerprint density at radius 2 is 2.41 bits per heavy atom. The highest BCUT2D eigenvalue weighted by molar-refractivity contribution is 7.10. The fourth-order valence-electron chi connectivity index (χ4n) is 3.27. The lowest BCUT2D eigenvalue weighted by atomic mass is 9.94. The number of hydrogen-bond donors (Lipinski definition) is 2. The second-order valence-corrected chi connectivity index (χ2v) is 6.71. The molecule has 0 aromatic carbocycles. The first-order valence-electron chi connectivity index (χ1n) is 7.47. The van der Waals surface area contributed by atoms with Gasteiger partial charge in [-0.3, -0.25) is 4.98 Å². The van der Waals surface area contributed by atoms with Gasteiger partial charge in [0, 0.05) is 31.1 Å². The third kappa shape index (κ3) is 2.30. The molecule has 0 amide bonds. The van der Waals surface area contributed by atoms with Crippen molar-refractivity contribution < 1.29 is 4.74 Å². The molecule has 3 aliphatic rings. The highest BCUT2D eigenvalue weighted by atomic mass is 32.1. The first-order chi connectivity index (χ1) is 10.7. The van der Waals surface area contributed by atoms with E-state index in [0.717, 1.165) is 31.8 Å². The summed E-state index contributed by atoms with van der Waals surface area (Å²) in [5.74, 6) is 0.491. The van der Waals surface area contributed by atoms with Gasteiger partial charge in [0.05, 0.1) is 23.0 Å². The summed E-state index contributed by atoms with van der Waals surface area (Å²) in [5.41, 5.74) is 11.5. The Bertz CT molecular complexity index is 657. The van der Waals surface area contributed by atoms with Crippen LogP contribution in [0.25, 0.3) is 5.57 Å². The van der Waals surface area contributed by atoms with Gasteiger partial charge in [-0.2, -0.15) is 0 Å². The summed E-state index contributed by atoms with van der Waals surface area (Å²) in [6, 6.07) is 0.352. The molecule has 1 fully saturated rings. The highest BCUT2D eigenvalue weighted by Crippen LogP contribution is 2.38. The lowest BCUT2D eigenvalue weighted by molar-refractivity contribution is 0.154. The molecule has 3 N–H and O–H groups in total. The molecule has 1 saturated heterocycles. The first-order valence-corrected chi connectivity index (χ1v) is 8.35. The normalized spacial score (nSPS) is 28.1. The minimum absolute atomic E-state index is 0.00961. The van der Waals surface area contributed by atoms with E-state index in [0.29, 0.717) is 12.0 Å². The number of ether oxygens (including phenoxy) is 1. The number of allylic oxidation sites excluding steroid dienone is 2. The van der Waals surface area contributed by atoms with Crippen LogP contribution in [0.1, 0.15) is 24.6 Å². The monoisotopic (exact) mass is 317 g/mol. The van der Waals surface area contributed by atoms with Crippen LogP contribution >= 0.6 is 11.3 Å². The fraction of sp³-hybridized carbons (Fsp3) is 0.467. The Labute approximate surface area is 133 Å². The molecule has 3 aliphatic heterocycles. The molecular weight excluding hydrogens is 298 g/mol. The summed E-state index contributed by atoms with van der Waals surface area (Å²) >= 11 is 1.67. The average Bonchev–Trinajstić information content (AvgIpc) is 3.20. The number of aromatic nitrogens is 1. The second kappa shape index (κ2) is 5.40. The number of rotatable bonds is 2. The highest BCUT2D eigenvalue weighted by Gasteiger charge is 2.36. The minimum Gasteiger partial charge on any atom is -0.379 e. The van der Waals surface area contributed by atoms with Gasteiger partial charge in [-0.05, 0) is 24.5 Å². The second-order valence-electron chi connectivity index (χ2n) is 5.82. The van der Waals surface area contributed by atoms with Crippen molar-refractivity contribution in [3.8, 4) is 0 Å². The number of nitrogens with one attached hydrogen (secondary N) is 1. The molecule has 0 bridgehead atoms. The Morgan fingerprint density at radius 3 is 3.14 bits per heavy atom. The molecule has 4 rings (SSSR count). The molecule has 1 aromatic rings. The van der Waals surface area contributed by atoms with E-state index >= 15 is 0 Å². The van der Waals surface area contributed by atoms with Gasteiger partial charge in [-0.25, -0.2) is 4.99 Å². The van der Waals surface area contributed by atoms with Crippen molar-refractivity contribution in [2.45, 2.75) is 32.0 Å². The predicted octanol–water partition coefficient (Wildman–Crippen LogP) is 1.50. The zero-order valence-corrected chi connectivity index (χ0v) is 13.3. The van der Waals surface area contributed by atoms with Crippen LogP contribution in [0.5, 0.6) is 0 Å². The van der Waals surface area contributed by atoms with Crippen molar-refractivity contribution in [2.24, 2.45) is 10.7 Å². The van der Waals surface area contributed by atoms with Gasteiger partial charge < -0.3 is 20.7 Å². The molecule has 116 valence electrons. The van der Waals surface area contributed by atoms with Crippen LogP contribution in [0, 0.1) is 0 Å². The van der Waals surface area contributed by atoms with E-state index in [2.05, 4.69) is 33.3 Å². The van der Waals surface area contributed by atoms with Gasteiger partial charge >= 0.3 is 0 Å². The molecule has 22 heavy (non-hydrogen) atoms. The van der Waals surface area contributed by atoms with E-state index in [1.54, 1.807) is 11.3 Å². The summed E-state index contributed by atoms with van der Waals surface area (Å²) in [7, 11) is 0. The maximum atomic E-state index is 5.94. The molecule has 1 unspecified atom stereocenters. The van der Waals surface area contributed by atoms with Crippen LogP contribution in [0.3, 0.4) is 0 Å². The largest absolute Gasteiger partial charge is 0.379 e. The van der Waals surface area contributed by atoms with Crippen LogP contribution in [0.4, 0.5) is 0 Å². The third-order valence-corrected chi connectivity index (χ3v) is 5.26. The van der Waals surface area contributed by atoms with Crippen LogP contribution in [-0.4, -0.2) is 41.3 Å². The van der Waals surface area contributed by atoms with Gasteiger partial charge in [-0.15, -0.1) is 11.3 Å². The summed E-state index contributed by atoms with van der Waals surface area (Å²) in [6.07, 6.45) is 6.06. The van der Waals surface area contributed by atoms with E-state index in [9.17, 15) is 0 Å². The predicted molar refractivity (Wildman–Crippen MR) is 87.0 cm³/mol. The molecule has 7 heteroatoms. The van der Waals surface area contributed by atoms with Crippen molar-refractivity contribution >= 4 is 22.9 Å². The van der Waals surface area contributed by atoms with Gasteiger partial charge in [0.25, 0.3) is 0 Å². The molecule has 0 spiro atoms. The van der Waals surface area contributed by atoms with Gasteiger partial charge in [-0.1, -0.05) is 0 Å². The third-order valence-electron chi connectivity index (χ3n) is 4.41. The van der Waals surface area contributed by atoms with Crippen molar-refractivity contribution in [1.29, 1.82) is 0 Å². The SMILES string of the molecule is CC1=C2CC(c3cncs3)=CN([C@H]3CCOC3)C2N=C(N)N1. The molecule has 2 atom stereocenters. The van der Waals surface area contributed by atoms with Crippen LogP contribution in [-0.2, 0) is 4.74 Å². The smallest absolute Gasteiger partial charge is 0.195 e. The summed E-state index contributed by atoms with van der Waals surface area (Å²) in [6.45, 7) is 3.63. The molecule has 0 radical (unpaired) electrons. The van der Waals surface area contributed by atoms with E-state index in [1.807, 2.05) is 11.7 Å². The van der Waals surface area contributed by atoms with Crippen molar-refractivity contribution in [3.63, 3.8) is 0 Å². The van der Waals surface area contributed by atoms with Gasteiger partial charge in [0.2, 0.25) is 0 Å². The van der Waals surface area contributed by atoms with Crippen LogP contribution < -0.4 is 11.1 Å². The maximum Gasteiger partial charge on any atom is 0.195 e. The summed E-state index contributed by atoms with van der Waals surface area (Å²) in [4.78, 5) is 12.4. The number of nitrogens with two attached hydrogens (primary N) is 1. The lowest BCUT2D eigenvalue weighted by Gasteiger charge is -2.41. The Morgan fingerprint density at radius 1 is 1.50 bits per heavy atom. The average molecular weight is 317 g/mol. The van der Waals surface area contributed by atoms with E-state index < -0.39 is 0 Å².